The lowest BCUT2D eigenvalue weighted by Gasteiger charge is -2.15. The van der Waals surface area contributed by atoms with E-state index < -0.39 is 0 Å². The fourth-order valence-corrected chi connectivity index (χ4v) is 4.07. The highest BCUT2D eigenvalue weighted by molar-refractivity contribution is 9.10. The van der Waals surface area contributed by atoms with Crippen LogP contribution in [-0.2, 0) is 7.05 Å². The lowest BCUT2D eigenvalue weighted by atomic mass is 9.93. The second-order valence-electron chi connectivity index (χ2n) is 7.08. The number of ether oxygens (including phenoxy) is 1. The number of hydrogen-bond acceptors (Lipinski definition) is 3. The minimum atomic E-state index is -0.354. The number of halogens is 1. The Kier molecular flexibility index (Phi) is 5.87. The molecule has 0 aliphatic carbocycles. The molecule has 3 aromatic carbocycles. The van der Waals surface area contributed by atoms with Crippen LogP contribution in [0.2, 0.25) is 0 Å². The standard InChI is InChI=1S/C26H20BrNO3/c1-28-21-14-13-19(27)16-20(21)24(18-9-4-3-5-10-18)25(26(28)30)22(29)15-12-17-8-6-7-11-23(17)31-2/h3-16H,1-2H3. The van der Waals surface area contributed by atoms with Crippen LogP contribution in [-0.4, -0.2) is 17.5 Å². The summed E-state index contributed by atoms with van der Waals surface area (Å²) >= 11 is 3.52. The molecule has 0 aliphatic rings. The normalized spacial score (nSPS) is 11.2. The molecule has 0 radical (unpaired) electrons. The SMILES string of the molecule is COc1ccccc1C=CC(=O)c1c(-c2ccccc2)c2cc(Br)ccc2n(C)c1=O. The zero-order valence-corrected chi connectivity index (χ0v) is 18.7. The summed E-state index contributed by atoms with van der Waals surface area (Å²) in [5, 5.41) is 0.830. The number of carbonyl (C=O) groups excluding carboxylic acids is 1. The lowest BCUT2D eigenvalue weighted by molar-refractivity contribution is 0.104. The van der Waals surface area contributed by atoms with E-state index >= 15 is 0 Å². The summed E-state index contributed by atoms with van der Waals surface area (Å²) in [6, 6.07) is 22.7. The van der Waals surface area contributed by atoms with E-state index in [1.807, 2.05) is 72.8 Å². The summed E-state index contributed by atoms with van der Waals surface area (Å²) in [6.07, 6.45) is 3.12. The summed E-state index contributed by atoms with van der Waals surface area (Å²) in [6.45, 7) is 0. The van der Waals surface area contributed by atoms with Gasteiger partial charge < -0.3 is 9.30 Å². The molecule has 4 nitrogen and oxygen atoms in total. The van der Waals surface area contributed by atoms with Crippen LogP contribution in [0.4, 0.5) is 0 Å². The van der Waals surface area contributed by atoms with Crippen molar-refractivity contribution in [3.63, 3.8) is 0 Å². The topological polar surface area (TPSA) is 48.3 Å². The smallest absolute Gasteiger partial charge is 0.262 e. The van der Waals surface area contributed by atoms with Gasteiger partial charge in [-0.15, -0.1) is 0 Å². The highest BCUT2D eigenvalue weighted by atomic mass is 79.9. The first-order chi connectivity index (χ1) is 15.0. The number of nitrogens with zero attached hydrogens (tertiary/aromatic N) is 1. The van der Waals surface area contributed by atoms with Crippen LogP contribution in [0.5, 0.6) is 5.75 Å². The zero-order valence-electron chi connectivity index (χ0n) is 17.1. The Labute approximate surface area is 188 Å². The summed E-state index contributed by atoms with van der Waals surface area (Å²) < 4.78 is 7.76. The molecular weight excluding hydrogens is 454 g/mol. The number of methoxy groups -OCH3 is 1. The van der Waals surface area contributed by atoms with Crippen molar-refractivity contribution in [3.8, 4) is 16.9 Å². The van der Waals surface area contributed by atoms with Crippen molar-refractivity contribution in [1.29, 1.82) is 0 Å². The Hall–Kier alpha value is -3.44. The molecular formula is C26H20BrNO3. The predicted molar refractivity (Wildman–Crippen MR) is 129 cm³/mol. The first kappa shape index (κ1) is 20.8. The second kappa shape index (κ2) is 8.74. The number of fused-ring (bicyclic) bond motifs is 1. The van der Waals surface area contributed by atoms with Gasteiger partial charge in [-0.25, -0.2) is 0 Å². The quantitative estimate of drug-likeness (QED) is 0.269. The van der Waals surface area contributed by atoms with E-state index in [4.69, 9.17) is 4.74 Å². The lowest BCUT2D eigenvalue weighted by Crippen LogP contribution is -2.25. The molecule has 0 fully saturated rings. The van der Waals surface area contributed by atoms with Crippen molar-refractivity contribution in [2.45, 2.75) is 0 Å². The maximum Gasteiger partial charge on any atom is 0.262 e. The van der Waals surface area contributed by atoms with Crippen LogP contribution >= 0.6 is 15.9 Å². The number of allylic oxidation sites excluding steroid dienone is 1. The number of ketones is 1. The highest BCUT2D eigenvalue weighted by Gasteiger charge is 2.21. The number of para-hydroxylation sites is 1. The molecule has 0 saturated carbocycles. The summed E-state index contributed by atoms with van der Waals surface area (Å²) in [5.41, 5.74) is 2.79. The van der Waals surface area contributed by atoms with Gasteiger partial charge in [0.2, 0.25) is 0 Å². The Balaban J connectivity index is 1.97. The first-order valence-electron chi connectivity index (χ1n) is 9.74. The van der Waals surface area contributed by atoms with E-state index in [1.165, 1.54) is 10.6 Å². The number of rotatable bonds is 5. The van der Waals surface area contributed by atoms with Gasteiger partial charge in [0.15, 0.2) is 5.78 Å². The van der Waals surface area contributed by atoms with E-state index in [2.05, 4.69) is 15.9 Å². The molecule has 0 spiro atoms. The maximum atomic E-state index is 13.4. The second-order valence-corrected chi connectivity index (χ2v) is 8.00. The van der Waals surface area contributed by atoms with Gasteiger partial charge in [-0.05, 0) is 42.0 Å². The Morgan fingerprint density at radius 1 is 1.00 bits per heavy atom. The van der Waals surface area contributed by atoms with Crippen molar-refractivity contribution in [1.82, 2.24) is 4.57 Å². The summed E-state index contributed by atoms with van der Waals surface area (Å²) in [4.78, 5) is 26.7. The van der Waals surface area contributed by atoms with Gasteiger partial charge in [0, 0.05) is 28.0 Å². The minimum Gasteiger partial charge on any atom is -0.496 e. The Bertz CT molecular complexity index is 1370. The van der Waals surface area contributed by atoms with Crippen LogP contribution in [0.15, 0.2) is 88.1 Å². The third kappa shape index (κ3) is 3.97. The molecule has 1 heterocycles. The van der Waals surface area contributed by atoms with Gasteiger partial charge in [0.25, 0.3) is 5.56 Å². The average molecular weight is 474 g/mol. The third-order valence-corrected chi connectivity index (χ3v) is 5.71. The maximum absolute atomic E-state index is 13.4. The molecule has 0 bridgehead atoms. The number of carbonyl (C=O) groups is 1. The molecule has 4 aromatic rings. The Morgan fingerprint density at radius 3 is 2.45 bits per heavy atom. The molecule has 0 aliphatic heterocycles. The molecule has 154 valence electrons. The average Bonchev–Trinajstić information content (AvgIpc) is 2.80. The summed E-state index contributed by atoms with van der Waals surface area (Å²) in [5.74, 6) is 0.303. The van der Waals surface area contributed by atoms with E-state index in [0.29, 0.717) is 11.3 Å². The number of benzene rings is 3. The molecule has 0 atom stereocenters. The largest absolute Gasteiger partial charge is 0.496 e. The van der Waals surface area contributed by atoms with Crippen LogP contribution in [0, 0.1) is 0 Å². The number of aromatic nitrogens is 1. The van der Waals surface area contributed by atoms with Gasteiger partial charge in [-0.3, -0.25) is 9.59 Å². The van der Waals surface area contributed by atoms with Crippen molar-refractivity contribution in [2.24, 2.45) is 7.05 Å². The van der Waals surface area contributed by atoms with Crippen LogP contribution < -0.4 is 10.3 Å². The van der Waals surface area contributed by atoms with Crippen LogP contribution in [0.3, 0.4) is 0 Å². The van der Waals surface area contributed by atoms with E-state index in [-0.39, 0.29) is 16.9 Å². The van der Waals surface area contributed by atoms with Gasteiger partial charge in [-0.1, -0.05) is 64.5 Å². The number of pyridine rings is 1. The van der Waals surface area contributed by atoms with Gasteiger partial charge in [0.1, 0.15) is 5.75 Å². The van der Waals surface area contributed by atoms with Crippen molar-refractivity contribution in [2.75, 3.05) is 7.11 Å². The Morgan fingerprint density at radius 2 is 1.71 bits per heavy atom. The summed E-state index contributed by atoms with van der Waals surface area (Å²) in [7, 11) is 3.27. The predicted octanol–water partition coefficient (Wildman–Crippen LogP) is 5.87. The molecule has 0 amide bonds. The molecule has 0 saturated heterocycles. The zero-order chi connectivity index (χ0) is 22.0. The highest BCUT2D eigenvalue weighted by Crippen LogP contribution is 2.32. The monoisotopic (exact) mass is 473 g/mol. The van der Waals surface area contributed by atoms with Gasteiger partial charge >= 0.3 is 0 Å². The number of hydrogen-bond donors (Lipinski definition) is 0. The molecule has 31 heavy (non-hydrogen) atoms. The minimum absolute atomic E-state index is 0.144. The third-order valence-electron chi connectivity index (χ3n) is 5.22. The van der Waals surface area contributed by atoms with Crippen molar-refractivity contribution in [3.05, 3.63) is 105 Å². The molecule has 0 unspecified atom stereocenters. The molecule has 5 heteroatoms. The van der Waals surface area contributed by atoms with E-state index in [0.717, 1.165) is 26.5 Å². The number of aryl methyl sites for hydroxylation is 1. The first-order valence-corrected chi connectivity index (χ1v) is 10.5. The van der Waals surface area contributed by atoms with Crippen LogP contribution in [0.25, 0.3) is 28.1 Å². The van der Waals surface area contributed by atoms with E-state index in [9.17, 15) is 9.59 Å². The molecule has 4 rings (SSSR count). The van der Waals surface area contributed by atoms with Crippen LogP contribution in [0.1, 0.15) is 15.9 Å². The molecule has 0 N–H and O–H groups in total. The molecule has 1 aromatic heterocycles. The van der Waals surface area contributed by atoms with Gasteiger partial charge in [-0.2, -0.15) is 0 Å². The fourth-order valence-electron chi connectivity index (χ4n) is 3.71. The van der Waals surface area contributed by atoms with Crippen molar-refractivity contribution >= 4 is 38.7 Å². The van der Waals surface area contributed by atoms with Crippen molar-refractivity contribution < 1.29 is 9.53 Å². The van der Waals surface area contributed by atoms with E-state index in [1.54, 1.807) is 20.2 Å². The van der Waals surface area contributed by atoms with Gasteiger partial charge in [0.05, 0.1) is 18.2 Å². The fraction of sp³-hybridized carbons (Fsp3) is 0.0769.